The van der Waals surface area contributed by atoms with Gasteiger partial charge < -0.3 is 9.47 Å². The van der Waals surface area contributed by atoms with Gasteiger partial charge in [-0.25, -0.2) is 8.42 Å². The second kappa shape index (κ2) is 5.85. The van der Waals surface area contributed by atoms with Gasteiger partial charge in [0.15, 0.2) is 16.1 Å². The van der Waals surface area contributed by atoms with Gasteiger partial charge in [0.1, 0.15) is 0 Å². The molecule has 1 unspecified atom stereocenters. The van der Waals surface area contributed by atoms with Gasteiger partial charge in [-0.1, -0.05) is 11.6 Å². The number of hydrogen-bond donors (Lipinski definition) is 0. The minimum Gasteiger partial charge on any atom is -0.350 e. The van der Waals surface area contributed by atoms with Crippen molar-refractivity contribution in [3.05, 3.63) is 28.8 Å². The fourth-order valence-electron chi connectivity index (χ4n) is 2.85. The summed E-state index contributed by atoms with van der Waals surface area (Å²) in [6.45, 7) is 1.96. The van der Waals surface area contributed by atoms with E-state index in [1.807, 2.05) is 11.9 Å². The van der Waals surface area contributed by atoms with Gasteiger partial charge in [0.2, 0.25) is 0 Å². The van der Waals surface area contributed by atoms with E-state index in [1.165, 1.54) is 0 Å². The predicted molar refractivity (Wildman–Crippen MR) is 79.2 cm³/mol. The van der Waals surface area contributed by atoms with Crippen molar-refractivity contribution in [2.45, 2.75) is 23.6 Å². The molecule has 2 aliphatic heterocycles. The van der Waals surface area contributed by atoms with Crippen molar-refractivity contribution in [2.24, 2.45) is 0 Å². The molecular formula is C14H18ClNO4S. The highest BCUT2D eigenvalue weighted by molar-refractivity contribution is 7.91. The maximum absolute atomic E-state index is 12.2. The number of benzene rings is 1. The van der Waals surface area contributed by atoms with Crippen LogP contribution in [0.1, 0.15) is 18.0 Å². The highest BCUT2D eigenvalue weighted by atomic mass is 35.5. The minimum atomic E-state index is -3.22. The Balaban J connectivity index is 1.75. The zero-order valence-electron chi connectivity index (χ0n) is 11.8. The Kier molecular flexibility index (Phi) is 4.25. The molecule has 0 bridgehead atoms. The monoisotopic (exact) mass is 331 g/mol. The van der Waals surface area contributed by atoms with E-state index < -0.39 is 9.84 Å². The molecule has 21 heavy (non-hydrogen) atoms. The second-order valence-electron chi connectivity index (χ2n) is 5.42. The summed E-state index contributed by atoms with van der Waals surface area (Å²) in [6, 6.07) is 4.82. The third-order valence-electron chi connectivity index (χ3n) is 3.98. The van der Waals surface area contributed by atoms with Gasteiger partial charge in [-0.15, -0.1) is 0 Å². The molecule has 0 aromatic heterocycles. The van der Waals surface area contributed by atoms with Crippen molar-refractivity contribution in [1.29, 1.82) is 0 Å². The summed E-state index contributed by atoms with van der Waals surface area (Å²) in [6.07, 6.45) is 0.549. The summed E-state index contributed by atoms with van der Waals surface area (Å²) < 4.78 is 35.3. The normalized spacial score (nSPS) is 24.6. The smallest absolute Gasteiger partial charge is 0.180 e. The summed E-state index contributed by atoms with van der Waals surface area (Å²) in [4.78, 5) is 2.43. The van der Waals surface area contributed by atoms with Crippen molar-refractivity contribution < 1.29 is 17.9 Å². The number of halogens is 1. The Hall–Kier alpha value is -0.660. The number of fused-ring (bicyclic) bond motifs is 1. The Morgan fingerprint density at radius 2 is 2.05 bits per heavy atom. The molecule has 1 fully saturated rings. The third-order valence-corrected chi connectivity index (χ3v) is 6.02. The van der Waals surface area contributed by atoms with Gasteiger partial charge in [0.05, 0.1) is 29.9 Å². The van der Waals surface area contributed by atoms with Crippen molar-refractivity contribution in [1.82, 2.24) is 4.90 Å². The molecule has 0 amide bonds. The summed E-state index contributed by atoms with van der Waals surface area (Å²) in [5.41, 5.74) is 0.790. The van der Waals surface area contributed by atoms with Crippen LogP contribution in [0, 0.1) is 0 Å². The van der Waals surface area contributed by atoms with Crippen LogP contribution < -0.4 is 0 Å². The van der Waals surface area contributed by atoms with Gasteiger partial charge in [-0.2, -0.15) is 0 Å². The summed E-state index contributed by atoms with van der Waals surface area (Å²) in [7, 11) is -1.29. The highest BCUT2D eigenvalue weighted by Crippen LogP contribution is 2.38. The number of rotatable bonds is 4. The zero-order valence-corrected chi connectivity index (χ0v) is 13.4. The molecule has 3 rings (SSSR count). The maximum Gasteiger partial charge on any atom is 0.180 e. The van der Waals surface area contributed by atoms with Crippen molar-refractivity contribution in [3.8, 4) is 0 Å². The molecule has 0 spiro atoms. The van der Waals surface area contributed by atoms with Crippen LogP contribution in [-0.2, 0) is 19.3 Å². The van der Waals surface area contributed by atoms with Crippen LogP contribution in [0.4, 0.5) is 0 Å². The van der Waals surface area contributed by atoms with E-state index in [4.69, 9.17) is 21.1 Å². The van der Waals surface area contributed by atoms with E-state index in [1.54, 1.807) is 18.2 Å². The van der Waals surface area contributed by atoms with E-state index >= 15 is 0 Å². The molecule has 7 heteroatoms. The van der Waals surface area contributed by atoms with Crippen LogP contribution in [-0.4, -0.2) is 52.2 Å². The molecular weight excluding hydrogens is 314 g/mol. The Bertz CT molecular complexity index is 628. The van der Waals surface area contributed by atoms with E-state index in [0.29, 0.717) is 29.7 Å². The van der Waals surface area contributed by atoms with Crippen molar-refractivity contribution in [3.63, 3.8) is 0 Å². The first-order valence-corrected chi connectivity index (χ1v) is 8.96. The minimum absolute atomic E-state index is 0.103. The largest absolute Gasteiger partial charge is 0.350 e. The van der Waals surface area contributed by atoms with Crippen LogP contribution >= 0.6 is 11.6 Å². The lowest BCUT2D eigenvalue weighted by Crippen LogP contribution is -2.29. The van der Waals surface area contributed by atoms with Crippen LogP contribution in [0.2, 0.25) is 5.02 Å². The van der Waals surface area contributed by atoms with E-state index in [9.17, 15) is 8.42 Å². The number of ether oxygens (including phenoxy) is 2. The molecule has 5 nitrogen and oxygen atoms in total. The summed E-state index contributed by atoms with van der Waals surface area (Å²) in [5, 5.41) is 0.562. The first-order chi connectivity index (χ1) is 9.97. The molecule has 0 saturated carbocycles. The Labute approximate surface area is 129 Å². The maximum atomic E-state index is 12.2. The number of sulfone groups is 1. The van der Waals surface area contributed by atoms with Gasteiger partial charge in [-0.05, 0) is 30.8 Å². The summed E-state index contributed by atoms with van der Waals surface area (Å²) in [5.74, 6) is 0.103. The molecule has 1 atom stereocenters. The van der Waals surface area contributed by atoms with Gasteiger partial charge >= 0.3 is 0 Å². The Morgan fingerprint density at radius 1 is 1.33 bits per heavy atom. The quantitative estimate of drug-likeness (QED) is 0.843. The van der Waals surface area contributed by atoms with Gasteiger partial charge in [-0.3, -0.25) is 4.90 Å². The van der Waals surface area contributed by atoms with Crippen LogP contribution in [0.25, 0.3) is 0 Å². The first kappa shape index (κ1) is 15.2. The van der Waals surface area contributed by atoms with Gasteiger partial charge in [0.25, 0.3) is 0 Å². The first-order valence-electron chi connectivity index (χ1n) is 6.93. The molecule has 1 aromatic carbocycles. The average Bonchev–Trinajstić information content (AvgIpc) is 3.02. The van der Waals surface area contributed by atoms with Crippen LogP contribution in [0.15, 0.2) is 23.1 Å². The topological polar surface area (TPSA) is 55.8 Å². The SMILES string of the molecule is CN(CCC1OCCO1)C1CS(=O)(=O)c2ccc(Cl)cc21. The molecule has 0 N–H and O–H groups in total. The molecule has 0 radical (unpaired) electrons. The molecule has 2 heterocycles. The highest BCUT2D eigenvalue weighted by Gasteiger charge is 2.37. The fourth-order valence-corrected chi connectivity index (χ4v) is 4.89. The average molecular weight is 332 g/mol. The lowest BCUT2D eigenvalue weighted by Gasteiger charge is -2.25. The van der Waals surface area contributed by atoms with Gasteiger partial charge in [0, 0.05) is 18.0 Å². The Morgan fingerprint density at radius 3 is 2.76 bits per heavy atom. The number of hydrogen-bond acceptors (Lipinski definition) is 5. The van der Waals surface area contributed by atoms with E-state index in [2.05, 4.69) is 0 Å². The van der Waals surface area contributed by atoms with Crippen LogP contribution in [0.5, 0.6) is 0 Å². The van der Waals surface area contributed by atoms with Crippen molar-refractivity contribution >= 4 is 21.4 Å². The molecule has 2 aliphatic rings. The lowest BCUT2D eigenvalue weighted by molar-refractivity contribution is -0.0518. The lowest BCUT2D eigenvalue weighted by atomic mass is 10.1. The zero-order chi connectivity index (χ0) is 15.0. The van der Waals surface area contributed by atoms with Crippen LogP contribution in [0.3, 0.4) is 0 Å². The second-order valence-corrected chi connectivity index (χ2v) is 7.86. The standard InChI is InChI=1S/C14H18ClNO4S/c1-16(5-4-14-19-6-7-20-14)12-9-21(17,18)13-3-2-10(15)8-11(12)13/h2-3,8,12,14H,4-7,9H2,1H3. The molecule has 1 aromatic rings. The molecule has 1 saturated heterocycles. The van der Waals surface area contributed by atoms with E-state index in [-0.39, 0.29) is 18.1 Å². The summed E-state index contributed by atoms with van der Waals surface area (Å²) >= 11 is 6.01. The third kappa shape index (κ3) is 3.10. The fraction of sp³-hybridized carbons (Fsp3) is 0.571. The molecule has 116 valence electrons. The van der Waals surface area contributed by atoms with E-state index in [0.717, 1.165) is 12.0 Å². The molecule has 0 aliphatic carbocycles. The number of nitrogens with zero attached hydrogens (tertiary/aromatic N) is 1. The predicted octanol–water partition coefficient (Wildman–Crippen LogP) is 1.86. The van der Waals surface area contributed by atoms with Crippen molar-refractivity contribution in [2.75, 3.05) is 32.6 Å².